The van der Waals surface area contributed by atoms with E-state index in [1.165, 1.54) is 18.1 Å². The van der Waals surface area contributed by atoms with E-state index in [4.69, 9.17) is 32.7 Å². The van der Waals surface area contributed by atoms with Crippen LogP contribution in [0.2, 0.25) is 10.0 Å². The van der Waals surface area contributed by atoms with Crippen LogP contribution in [0.1, 0.15) is 33.7 Å². The highest BCUT2D eigenvalue weighted by Crippen LogP contribution is 2.36. The molecule has 0 bridgehead atoms. The van der Waals surface area contributed by atoms with Crippen LogP contribution < -0.4 is 25.0 Å². The molecule has 0 saturated heterocycles. The van der Waals surface area contributed by atoms with Gasteiger partial charge in [-0.15, -0.1) is 0 Å². The summed E-state index contributed by atoms with van der Waals surface area (Å²) >= 11 is 13.3. The summed E-state index contributed by atoms with van der Waals surface area (Å²) in [5, 5.41) is 5.77. The second-order valence-corrected chi connectivity index (χ2v) is 11.4. The summed E-state index contributed by atoms with van der Waals surface area (Å²) < 4.78 is 13.7. The molecular weight excluding hydrogens is 657 g/mol. The number of carbonyl (C=O) groups is 3. The first kappa shape index (κ1) is 34.1. The summed E-state index contributed by atoms with van der Waals surface area (Å²) in [5.74, 6) is -0.455. The zero-order valence-corrected chi connectivity index (χ0v) is 28.0. The zero-order chi connectivity index (χ0) is 34.2. The molecule has 5 aromatic rings. The van der Waals surface area contributed by atoms with E-state index in [-0.39, 0.29) is 42.3 Å². The number of ether oxygens (including phenoxy) is 2. The van der Waals surface area contributed by atoms with E-state index in [9.17, 15) is 14.4 Å². The maximum Gasteiger partial charge on any atom is 0.297 e. The van der Waals surface area contributed by atoms with Crippen molar-refractivity contribution in [2.24, 2.45) is 0 Å². The van der Waals surface area contributed by atoms with E-state index >= 15 is 0 Å². The number of para-hydroxylation sites is 1. The molecule has 248 valence electrons. The molecular formula is C34H33Cl2N7O5. The molecule has 0 fully saturated rings. The molecule has 14 heteroatoms. The van der Waals surface area contributed by atoms with Gasteiger partial charge in [0.1, 0.15) is 17.9 Å². The van der Waals surface area contributed by atoms with Crippen molar-refractivity contribution in [3.8, 4) is 11.8 Å². The summed E-state index contributed by atoms with van der Waals surface area (Å²) in [7, 11) is 4.66. The van der Waals surface area contributed by atoms with Crippen molar-refractivity contribution in [1.82, 2.24) is 30.2 Å². The molecule has 0 aliphatic heterocycles. The first-order valence-electron chi connectivity index (χ1n) is 14.9. The van der Waals surface area contributed by atoms with Crippen molar-refractivity contribution in [1.29, 1.82) is 0 Å². The molecule has 5 rings (SSSR count). The Morgan fingerprint density at radius 3 is 2.52 bits per heavy atom. The van der Waals surface area contributed by atoms with Gasteiger partial charge in [-0.05, 0) is 55.0 Å². The Bertz CT molecular complexity index is 1930. The molecule has 3 aromatic heterocycles. The molecule has 0 radical (unpaired) electrons. The second-order valence-electron chi connectivity index (χ2n) is 10.6. The van der Waals surface area contributed by atoms with Gasteiger partial charge in [0.25, 0.3) is 11.9 Å². The van der Waals surface area contributed by atoms with Crippen molar-refractivity contribution in [3.63, 3.8) is 0 Å². The number of halogens is 2. The van der Waals surface area contributed by atoms with Gasteiger partial charge in [0.2, 0.25) is 11.8 Å². The predicted octanol–water partition coefficient (Wildman–Crippen LogP) is 4.84. The number of benzene rings is 2. The lowest BCUT2D eigenvalue weighted by Gasteiger charge is -2.21. The average molecular weight is 691 g/mol. The van der Waals surface area contributed by atoms with Crippen LogP contribution in [0.4, 0.5) is 5.69 Å². The van der Waals surface area contributed by atoms with Gasteiger partial charge in [0.05, 0.1) is 47.7 Å². The molecule has 3 heterocycles. The fraction of sp³-hybridized carbons (Fsp3) is 0.235. The molecule has 0 saturated carbocycles. The van der Waals surface area contributed by atoms with Crippen LogP contribution in [-0.4, -0.2) is 65.0 Å². The minimum Gasteiger partial charge on any atom is -0.486 e. The van der Waals surface area contributed by atoms with E-state index < -0.39 is 0 Å². The number of methoxy groups -OCH3 is 1. The van der Waals surface area contributed by atoms with Gasteiger partial charge < -0.3 is 25.0 Å². The van der Waals surface area contributed by atoms with Gasteiger partial charge in [0, 0.05) is 49.2 Å². The van der Waals surface area contributed by atoms with Crippen LogP contribution in [0, 0.1) is 0 Å². The summed E-state index contributed by atoms with van der Waals surface area (Å²) in [4.78, 5) is 51.8. The van der Waals surface area contributed by atoms with E-state index in [1.54, 1.807) is 50.7 Å². The number of amides is 3. The lowest BCUT2D eigenvalue weighted by atomic mass is 10.1. The first-order valence-corrected chi connectivity index (χ1v) is 15.7. The Morgan fingerprint density at radius 1 is 0.979 bits per heavy atom. The van der Waals surface area contributed by atoms with Crippen LogP contribution in [-0.2, 0) is 29.2 Å². The van der Waals surface area contributed by atoms with Crippen LogP contribution in [0.5, 0.6) is 11.8 Å². The maximum atomic E-state index is 13.0. The summed E-state index contributed by atoms with van der Waals surface area (Å²) in [6.07, 6.45) is 3.65. The van der Waals surface area contributed by atoms with Crippen molar-refractivity contribution in [2.45, 2.75) is 26.0 Å². The highest BCUT2D eigenvalue weighted by atomic mass is 35.5. The molecule has 0 aliphatic carbocycles. The Labute approximate surface area is 287 Å². The van der Waals surface area contributed by atoms with Crippen LogP contribution in [0.15, 0.2) is 73.1 Å². The third-order valence-electron chi connectivity index (χ3n) is 7.57. The summed E-state index contributed by atoms with van der Waals surface area (Å²) in [6.45, 7) is 0.209. The number of aryl methyl sites for hydroxylation is 1. The van der Waals surface area contributed by atoms with Gasteiger partial charge in [-0.2, -0.15) is 4.98 Å². The fourth-order valence-electron chi connectivity index (χ4n) is 4.91. The number of rotatable bonds is 13. The topological polar surface area (TPSA) is 141 Å². The van der Waals surface area contributed by atoms with Gasteiger partial charge in [-0.25, -0.2) is 0 Å². The van der Waals surface area contributed by atoms with E-state index in [0.717, 1.165) is 11.2 Å². The summed E-state index contributed by atoms with van der Waals surface area (Å²) in [5.41, 5.74) is 4.19. The number of hydrogen-bond donors (Lipinski definition) is 2. The smallest absolute Gasteiger partial charge is 0.297 e. The number of anilines is 1. The SMILES string of the molecule is CNC(=O)c1ccc(CCC(=O)NCC(=O)N(C)c2ccc(Cl)c(COc3cccc4c3nc(OC)n4Cc3ccccn3)c2Cl)nc1. The number of hydrogen-bond acceptors (Lipinski definition) is 8. The lowest BCUT2D eigenvalue weighted by Crippen LogP contribution is -2.38. The molecule has 0 aliphatic rings. The normalized spacial score (nSPS) is 10.9. The standard InChI is InChI=1S/C34H33Cl2N7O5/c1-37-33(46)21-10-11-22(39-17-21)12-15-29(44)40-18-30(45)42(2)26-14-13-25(35)24(31(26)36)20-48-28-9-6-8-27-32(28)41-34(47-3)43(27)19-23-7-4-5-16-38-23/h4-11,13-14,16-17H,12,15,18-20H2,1-3H3,(H,37,46)(H,40,44). The number of aromatic nitrogens is 4. The number of nitrogens with zero attached hydrogens (tertiary/aromatic N) is 5. The van der Waals surface area contributed by atoms with E-state index in [2.05, 4.69) is 25.6 Å². The largest absolute Gasteiger partial charge is 0.486 e. The number of nitrogens with one attached hydrogen (secondary N) is 2. The van der Waals surface area contributed by atoms with Gasteiger partial charge in [-0.1, -0.05) is 35.3 Å². The van der Waals surface area contributed by atoms with Gasteiger partial charge in [0.15, 0.2) is 0 Å². The number of carbonyl (C=O) groups excluding carboxylic acids is 3. The maximum absolute atomic E-state index is 13.0. The molecule has 0 unspecified atom stereocenters. The third kappa shape index (κ3) is 7.84. The lowest BCUT2D eigenvalue weighted by molar-refractivity contribution is -0.124. The Balaban J connectivity index is 1.22. The highest BCUT2D eigenvalue weighted by Gasteiger charge is 2.21. The fourth-order valence-corrected chi connectivity index (χ4v) is 5.52. The number of likely N-dealkylation sites (N-methyl/N-ethyl adjacent to an activating group) is 1. The minimum atomic E-state index is -0.386. The van der Waals surface area contributed by atoms with Crippen molar-refractivity contribution in [3.05, 3.63) is 106 Å². The number of imidazole rings is 1. The number of pyridine rings is 2. The molecule has 2 N–H and O–H groups in total. The molecule has 0 atom stereocenters. The van der Waals surface area contributed by atoms with Crippen molar-refractivity contribution >= 4 is 57.6 Å². The molecule has 12 nitrogen and oxygen atoms in total. The Morgan fingerprint density at radius 2 is 1.81 bits per heavy atom. The van der Waals surface area contributed by atoms with Gasteiger partial charge in [-0.3, -0.25) is 28.9 Å². The quantitative estimate of drug-likeness (QED) is 0.179. The van der Waals surface area contributed by atoms with Crippen LogP contribution in [0.25, 0.3) is 11.0 Å². The monoisotopic (exact) mass is 689 g/mol. The minimum absolute atomic E-state index is 0.00304. The van der Waals surface area contributed by atoms with Crippen LogP contribution >= 0.6 is 23.2 Å². The van der Waals surface area contributed by atoms with Crippen molar-refractivity contribution < 1.29 is 23.9 Å². The Hall–Kier alpha value is -5.20. The van der Waals surface area contributed by atoms with E-state index in [1.807, 2.05) is 34.9 Å². The summed E-state index contributed by atoms with van der Waals surface area (Å²) in [6, 6.07) is 18.3. The third-order valence-corrected chi connectivity index (χ3v) is 8.34. The second kappa shape index (κ2) is 15.6. The van der Waals surface area contributed by atoms with E-state index in [0.29, 0.717) is 57.8 Å². The molecule has 3 amide bonds. The highest BCUT2D eigenvalue weighted by molar-refractivity contribution is 6.38. The zero-order valence-electron chi connectivity index (χ0n) is 26.5. The molecule has 48 heavy (non-hydrogen) atoms. The number of fused-ring (bicyclic) bond motifs is 1. The van der Waals surface area contributed by atoms with Gasteiger partial charge >= 0.3 is 0 Å². The first-order chi connectivity index (χ1) is 23.2. The van der Waals surface area contributed by atoms with Crippen LogP contribution in [0.3, 0.4) is 0 Å². The Kier molecular flexibility index (Phi) is 11.1. The van der Waals surface area contributed by atoms with Crippen molar-refractivity contribution in [2.75, 3.05) is 32.6 Å². The average Bonchev–Trinajstić information content (AvgIpc) is 3.47. The molecule has 0 spiro atoms. The predicted molar refractivity (Wildman–Crippen MR) is 183 cm³/mol. The molecule has 2 aromatic carbocycles.